The molecule has 0 spiro atoms. The highest BCUT2D eigenvalue weighted by Crippen LogP contribution is 2.22. The van der Waals surface area contributed by atoms with Crippen molar-refractivity contribution in [2.75, 3.05) is 38.8 Å². The number of aliphatic hydroxyl groups is 1. The maximum absolute atomic E-state index is 9.65. The molecule has 0 aliphatic heterocycles. The standard InChI is InChI=1S/C12H17Cl2NO3/c1-17-2-3-18-8-12(16)7-15-11-5-9(13)4-10(14)6-11/h4-6,12,15-16H,2-3,7-8H2,1H3. The third kappa shape index (κ3) is 6.42. The van der Waals surface area contributed by atoms with Crippen LogP contribution in [0.2, 0.25) is 10.0 Å². The van der Waals surface area contributed by atoms with Gasteiger partial charge in [-0.1, -0.05) is 23.2 Å². The van der Waals surface area contributed by atoms with Gasteiger partial charge in [0.1, 0.15) is 0 Å². The van der Waals surface area contributed by atoms with Crippen molar-refractivity contribution in [3.63, 3.8) is 0 Å². The predicted molar refractivity (Wildman–Crippen MR) is 73.7 cm³/mol. The monoisotopic (exact) mass is 293 g/mol. The van der Waals surface area contributed by atoms with E-state index in [1.54, 1.807) is 25.3 Å². The molecule has 0 aliphatic carbocycles. The van der Waals surface area contributed by atoms with Crippen LogP contribution >= 0.6 is 23.2 Å². The Balaban J connectivity index is 2.26. The fourth-order valence-electron chi connectivity index (χ4n) is 1.31. The number of aliphatic hydroxyl groups excluding tert-OH is 1. The van der Waals surface area contributed by atoms with E-state index >= 15 is 0 Å². The summed E-state index contributed by atoms with van der Waals surface area (Å²) in [6, 6.07) is 5.14. The zero-order valence-electron chi connectivity index (χ0n) is 10.2. The molecule has 6 heteroatoms. The molecule has 1 aromatic rings. The molecule has 1 atom stereocenters. The maximum atomic E-state index is 9.65. The highest BCUT2D eigenvalue weighted by molar-refractivity contribution is 6.35. The third-order valence-electron chi connectivity index (χ3n) is 2.15. The van der Waals surface area contributed by atoms with Crippen LogP contribution in [0.1, 0.15) is 0 Å². The summed E-state index contributed by atoms with van der Waals surface area (Å²) in [5.41, 5.74) is 0.767. The molecule has 0 amide bonds. The lowest BCUT2D eigenvalue weighted by Crippen LogP contribution is -2.25. The Kier molecular flexibility index (Phi) is 7.39. The molecule has 0 radical (unpaired) electrons. The minimum absolute atomic E-state index is 0.255. The summed E-state index contributed by atoms with van der Waals surface area (Å²) in [5.74, 6) is 0. The van der Waals surface area contributed by atoms with Gasteiger partial charge in [-0.2, -0.15) is 0 Å². The zero-order valence-corrected chi connectivity index (χ0v) is 11.7. The average Bonchev–Trinajstić information content (AvgIpc) is 2.31. The molecule has 4 nitrogen and oxygen atoms in total. The Morgan fingerprint density at radius 2 is 1.89 bits per heavy atom. The van der Waals surface area contributed by atoms with E-state index in [1.807, 2.05) is 0 Å². The Bertz CT molecular complexity index is 343. The summed E-state index contributed by atoms with van der Waals surface area (Å²) >= 11 is 11.7. The van der Waals surface area contributed by atoms with E-state index < -0.39 is 6.10 Å². The Hall–Kier alpha value is -0.520. The molecule has 18 heavy (non-hydrogen) atoms. The molecule has 0 heterocycles. The summed E-state index contributed by atoms with van der Waals surface area (Å²) in [6.45, 7) is 1.61. The van der Waals surface area contributed by atoms with Crippen molar-refractivity contribution >= 4 is 28.9 Å². The normalized spacial score (nSPS) is 12.4. The zero-order chi connectivity index (χ0) is 13.4. The quantitative estimate of drug-likeness (QED) is 0.723. The van der Waals surface area contributed by atoms with Crippen LogP contribution in [0.5, 0.6) is 0 Å². The van der Waals surface area contributed by atoms with Gasteiger partial charge in [0.15, 0.2) is 0 Å². The summed E-state index contributed by atoms with van der Waals surface area (Å²) < 4.78 is 10.0. The van der Waals surface area contributed by atoms with Gasteiger partial charge in [0.25, 0.3) is 0 Å². The van der Waals surface area contributed by atoms with Gasteiger partial charge in [-0.3, -0.25) is 0 Å². The van der Waals surface area contributed by atoms with Gasteiger partial charge in [0.2, 0.25) is 0 Å². The minimum Gasteiger partial charge on any atom is -0.389 e. The van der Waals surface area contributed by atoms with Crippen LogP contribution in [0.3, 0.4) is 0 Å². The van der Waals surface area contributed by atoms with E-state index in [2.05, 4.69) is 5.32 Å². The number of benzene rings is 1. The van der Waals surface area contributed by atoms with Crippen molar-refractivity contribution < 1.29 is 14.6 Å². The molecule has 0 saturated carbocycles. The third-order valence-corrected chi connectivity index (χ3v) is 2.58. The summed E-state index contributed by atoms with van der Waals surface area (Å²) in [5, 5.41) is 13.8. The minimum atomic E-state index is -0.598. The van der Waals surface area contributed by atoms with E-state index in [4.69, 9.17) is 32.7 Å². The number of rotatable bonds is 8. The second kappa shape index (κ2) is 8.56. The van der Waals surface area contributed by atoms with Gasteiger partial charge in [0.05, 0.1) is 25.9 Å². The second-order valence-corrected chi connectivity index (χ2v) is 4.63. The van der Waals surface area contributed by atoms with Crippen molar-refractivity contribution in [1.29, 1.82) is 0 Å². The fourth-order valence-corrected chi connectivity index (χ4v) is 1.84. The Morgan fingerprint density at radius 1 is 1.22 bits per heavy atom. The van der Waals surface area contributed by atoms with Crippen molar-refractivity contribution in [2.24, 2.45) is 0 Å². The van der Waals surface area contributed by atoms with Crippen molar-refractivity contribution in [3.05, 3.63) is 28.2 Å². The van der Waals surface area contributed by atoms with Gasteiger partial charge >= 0.3 is 0 Å². The summed E-state index contributed by atoms with van der Waals surface area (Å²) in [7, 11) is 1.60. The van der Waals surface area contributed by atoms with Gasteiger partial charge in [-0.15, -0.1) is 0 Å². The number of halogens is 2. The lowest BCUT2D eigenvalue weighted by atomic mass is 10.3. The number of hydrogen-bond acceptors (Lipinski definition) is 4. The molecule has 102 valence electrons. The molecule has 0 bridgehead atoms. The number of methoxy groups -OCH3 is 1. The highest BCUT2D eigenvalue weighted by atomic mass is 35.5. The smallest absolute Gasteiger partial charge is 0.0945 e. The Labute approximate surface area is 117 Å². The number of ether oxygens (including phenoxy) is 2. The second-order valence-electron chi connectivity index (χ2n) is 3.76. The first-order valence-electron chi connectivity index (χ1n) is 5.56. The number of hydrogen-bond donors (Lipinski definition) is 2. The van der Waals surface area contributed by atoms with E-state index in [0.29, 0.717) is 29.8 Å². The molecule has 2 N–H and O–H groups in total. The van der Waals surface area contributed by atoms with Gasteiger partial charge in [0, 0.05) is 29.4 Å². The van der Waals surface area contributed by atoms with Crippen LogP contribution in [0, 0.1) is 0 Å². The SMILES string of the molecule is COCCOCC(O)CNc1cc(Cl)cc(Cl)c1. The van der Waals surface area contributed by atoms with Crippen molar-refractivity contribution in [2.45, 2.75) is 6.10 Å². The predicted octanol–water partition coefficient (Wildman–Crippen LogP) is 2.43. The van der Waals surface area contributed by atoms with Gasteiger partial charge in [-0.05, 0) is 18.2 Å². The van der Waals surface area contributed by atoms with Crippen molar-refractivity contribution in [1.82, 2.24) is 0 Å². The van der Waals surface area contributed by atoms with E-state index in [0.717, 1.165) is 5.69 Å². The molecule has 0 aliphatic rings. The van der Waals surface area contributed by atoms with Crippen LogP contribution in [-0.2, 0) is 9.47 Å². The van der Waals surface area contributed by atoms with E-state index in [1.165, 1.54) is 0 Å². The molecular weight excluding hydrogens is 277 g/mol. The first-order valence-corrected chi connectivity index (χ1v) is 6.32. The Morgan fingerprint density at radius 3 is 2.50 bits per heavy atom. The van der Waals surface area contributed by atoms with Crippen LogP contribution in [0.15, 0.2) is 18.2 Å². The van der Waals surface area contributed by atoms with Crippen LogP contribution in [0.4, 0.5) is 5.69 Å². The summed E-state index contributed by atoms with van der Waals surface area (Å²) in [4.78, 5) is 0. The average molecular weight is 294 g/mol. The van der Waals surface area contributed by atoms with Crippen LogP contribution in [-0.4, -0.2) is 44.7 Å². The molecule has 0 aromatic heterocycles. The van der Waals surface area contributed by atoms with E-state index in [-0.39, 0.29) is 6.61 Å². The fraction of sp³-hybridized carbons (Fsp3) is 0.500. The molecule has 1 aromatic carbocycles. The largest absolute Gasteiger partial charge is 0.389 e. The lowest BCUT2D eigenvalue weighted by Gasteiger charge is -2.13. The van der Waals surface area contributed by atoms with Crippen LogP contribution < -0.4 is 5.32 Å². The van der Waals surface area contributed by atoms with Gasteiger partial charge in [-0.25, -0.2) is 0 Å². The van der Waals surface area contributed by atoms with Crippen molar-refractivity contribution in [3.8, 4) is 0 Å². The molecule has 1 unspecified atom stereocenters. The number of nitrogens with one attached hydrogen (secondary N) is 1. The maximum Gasteiger partial charge on any atom is 0.0945 e. The summed E-state index contributed by atoms with van der Waals surface area (Å²) in [6.07, 6.45) is -0.598. The molecule has 0 saturated heterocycles. The number of anilines is 1. The topological polar surface area (TPSA) is 50.7 Å². The van der Waals surface area contributed by atoms with Gasteiger partial charge < -0.3 is 19.9 Å². The molecule has 1 rings (SSSR count). The highest BCUT2D eigenvalue weighted by Gasteiger charge is 2.05. The van der Waals surface area contributed by atoms with Crippen LogP contribution in [0.25, 0.3) is 0 Å². The van der Waals surface area contributed by atoms with E-state index in [9.17, 15) is 5.11 Å². The first kappa shape index (κ1) is 15.5. The molecular formula is C12H17Cl2NO3. The lowest BCUT2D eigenvalue weighted by molar-refractivity contribution is 0.0182. The molecule has 0 fully saturated rings. The first-order chi connectivity index (χ1) is 8.61.